The van der Waals surface area contributed by atoms with Crippen LogP contribution in [0.1, 0.15) is 30.9 Å². The fourth-order valence-corrected chi connectivity index (χ4v) is 2.27. The SMILES string of the molecule is Cc1ccc(F)cc1CNC1CCOC(C)C1. The minimum atomic E-state index is -0.159. The highest BCUT2D eigenvalue weighted by Crippen LogP contribution is 2.15. The first-order chi connectivity index (χ1) is 8.15. The molecule has 1 N–H and O–H groups in total. The molecule has 0 spiro atoms. The Balaban J connectivity index is 1.90. The summed E-state index contributed by atoms with van der Waals surface area (Å²) in [5.41, 5.74) is 2.18. The number of nitrogens with one attached hydrogen (secondary N) is 1. The van der Waals surface area contributed by atoms with Crippen LogP contribution in [0.15, 0.2) is 18.2 Å². The Morgan fingerprint density at radius 1 is 1.47 bits per heavy atom. The van der Waals surface area contributed by atoms with Gasteiger partial charge in [-0.05, 0) is 49.9 Å². The average Bonchev–Trinajstić information content (AvgIpc) is 2.30. The summed E-state index contributed by atoms with van der Waals surface area (Å²) in [6, 6.07) is 5.45. The lowest BCUT2D eigenvalue weighted by molar-refractivity contribution is 0.0130. The molecule has 1 heterocycles. The van der Waals surface area contributed by atoms with E-state index < -0.39 is 0 Å². The first-order valence-electron chi connectivity index (χ1n) is 6.25. The van der Waals surface area contributed by atoms with Crippen molar-refractivity contribution < 1.29 is 9.13 Å². The normalized spacial score (nSPS) is 24.9. The van der Waals surface area contributed by atoms with Crippen LogP contribution in [0.25, 0.3) is 0 Å². The molecule has 1 aliphatic heterocycles. The van der Waals surface area contributed by atoms with Crippen LogP contribution in [0.4, 0.5) is 4.39 Å². The maximum absolute atomic E-state index is 13.1. The van der Waals surface area contributed by atoms with Gasteiger partial charge >= 0.3 is 0 Å². The zero-order valence-electron chi connectivity index (χ0n) is 10.5. The molecule has 1 aliphatic rings. The van der Waals surface area contributed by atoms with Gasteiger partial charge in [-0.3, -0.25) is 0 Å². The second-order valence-electron chi connectivity index (χ2n) is 4.85. The lowest BCUT2D eigenvalue weighted by Crippen LogP contribution is -2.37. The van der Waals surface area contributed by atoms with Crippen LogP contribution in [-0.2, 0) is 11.3 Å². The molecule has 2 unspecified atom stereocenters. The summed E-state index contributed by atoms with van der Waals surface area (Å²) < 4.78 is 18.6. The third-order valence-corrected chi connectivity index (χ3v) is 3.38. The molecule has 1 fully saturated rings. The molecular formula is C14H20FNO. The molecule has 0 radical (unpaired) electrons. The maximum atomic E-state index is 13.1. The zero-order valence-corrected chi connectivity index (χ0v) is 10.5. The van der Waals surface area contributed by atoms with E-state index in [2.05, 4.69) is 12.2 Å². The predicted molar refractivity (Wildman–Crippen MR) is 66.4 cm³/mol. The Labute approximate surface area is 102 Å². The van der Waals surface area contributed by atoms with Crippen molar-refractivity contribution in [2.45, 2.75) is 45.4 Å². The van der Waals surface area contributed by atoms with Crippen molar-refractivity contribution in [3.8, 4) is 0 Å². The topological polar surface area (TPSA) is 21.3 Å². The minimum Gasteiger partial charge on any atom is -0.378 e. The zero-order chi connectivity index (χ0) is 12.3. The fourth-order valence-electron chi connectivity index (χ4n) is 2.27. The van der Waals surface area contributed by atoms with Crippen molar-refractivity contribution in [1.29, 1.82) is 0 Å². The fraction of sp³-hybridized carbons (Fsp3) is 0.571. The van der Waals surface area contributed by atoms with Crippen molar-refractivity contribution in [1.82, 2.24) is 5.32 Å². The quantitative estimate of drug-likeness (QED) is 0.872. The molecule has 1 saturated heterocycles. The summed E-state index contributed by atoms with van der Waals surface area (Å²) in [5.74, 6) is -0.159. The van der Waals surface area contributed by atoms with E-state index in [-0.39, 0.29) is 5.82 Å². The molecule has 17 heavy (non-hydrogen) atoms. The third-order valence-electron chi connectivity index (χ3n) is 3.38. The first kappa shape index (κ1) is 12.5. The van der Waals surface area contributed by atoms with Gasteiger partial charge in [-0.2, -0.15) is 0 Å². The Kier molecular flexibility index (Phi) is 4.13. The highest BCUT2D eigenvalue weighted by atomic mass is 19.1. The van der Waals surface area contributed by atoms with E-state index in [1.54, 1.807) is 6.07 Å². The summed E-state index contributed by atoms with van der Waals surface area (Å²) in [6.45, 7) is 5.67. The molecule has 94 valence electrons. The monoisotopic (exact) mass is 237 g/mol. The maximum Gasteiger partial charge on any atom is 0.123 e. The Hall–Kier alpha value is -0.930. The molecule has 1 aromatic rings. The van der Waals surface area contributed by atoms with E-state index in [1.807, 2.05) is 13.0 Å². The minimum absolute atomic E-state index is 0.159. The van der Waals surface area contributed by atoms with Gasteiger partial charge in [0, 0.05) is 19.2 Å². The molecule has 2 atom stereocenters. The van der Waals surface area contributed by atoms with Crippen LogP contribution >= 0.6 is 0 Å². The van der Waals surface area contributed by atoms with Gasteiger partial charge in [0.2, 0.25) is 0 Å². The Morgan fingerprint density at radius 3 is 3.06 bits per heavy atom. The van der Waals surface area contributed by atoms with Crippen molar-refractivity contribution >= 4 is 0 Å². The van der Waals surface area contributed by atoms with E-state index in [0.717, 1.165) is 37.1 Å². The molecule has 3 heteroatoms. The van der Waals surface area contributed by atoms with Crippen LogP contribution < -0.4 is 5.32 Å². The van der Waals surface area contributed by atoms with E-state index in [0.29, 0.717) is 12.1 Å². The number of aryl methyl sites for hydroxylation is 1. The lowest BCUT2D eigenvalue weighted by atomic mass is 10.0. The van der Waals surface area contributed by atoms with Gasteiger partial charge in [0.15, 0.2) is 0 Å². The van der Waals surface area contributed by atoms with E-state index in [9.17, 15) is 4.39 Å². The number of rotatable bonds is 3. The summed E-state index contributed by atoms with van der Waals surface area (Å²) >= 11 is 0. The molecule has 1 aromatic carbocycles. The highest BCUT2D eigenvalue weighted by molar-refractivity contribution is 5.26. The van der Waals surface area contributed by atoms with Gasteiger partial charge in [0.05, 0.1) is 6.10 Å². The van der Waals surface area contributed by atoms with Crippen molar-refractivity contribution in [3.05, 3.63) is 35.1 Å². The first-order valence-corrected chi connectivity index (χ1v) is 6.25. The second-order valence-corrected chi connectivity index (χ2v) is 4.85. The summed E-state index contributed by atoms with van der Waals surface area (Å²) in [4.78, 5) is 0. The van der Waals surface area contributed by atoms with Crippen molar-refractivity contribution in [2.75, 3.05) is 6.61 Å². The number of hydrogen-bond acceptors (Lipinski definition) is 2. The van der Waals surface area contributed by atoms with Gasteiger partial charge in [-0.1, -0.05) is 6.07 Å². The Morgan fingerprint density at radius 2 is 2.29 bits per heavy atom. The lowest BCUT2D eigenvalue weighted by Gasteiger charge is -2.28. The van der Waals surface area contributed by atoms with Gasteiger partial charge in [-0.15, -0.1) is 0 Å². The van der Waals surface area contributed by atoms with Gasteiger partial charge < -0.3 is 10.1 Å². The van der Waals surface area contributed by atoms with Crippen molar-refractivity contribution in [2.24, 2.45) is 0 Å². The average molecular weight is 237 g/mol. The third kappa shape index (κ3) is 3.51. The number of halogens is 1. The van der Waals surface area contributed by atoms with Crippen LogP contribution in [-0.4, -0.2) is 18.8 Å². The molecule has 0 bridgehead atoms. The van der Waals surface area contributed by atoms with Crippen molar-refractivity contribution in [3.63, 3.8) is 0 Å². The molecule has 2 rings (SSSR count). The molecule has 0 amide bonds. The van der Waals surface area contributed by atoms with Crippen LogP contribution in [0.3, 0.4) is 0 Å². The van der Waals surface area contributed by atoms with E-state index in [1.165, 1.54) is 6.07 Å². The molecule has 0 saturated carbocycles. The summed E-state index contributed by atoms with van der Waals surface area (Å²) in [5, 5.41) is 3.49. The van der Waals surface area contributed by atoms with E-state index >= 15 is 0 Å². The number of ether oxygens (including phenoxy) is 1. The second kappa shape index (κ2) is 5.61. The summed E-state index contributed by atoms with van der Waals surface area (Å²) in [6.07, 6.45) is 2.41. The predicted octanol–water partition coefficient (Wildman–Crippen LogP) is 2.79. The van der Waals surface area contributed by atoms with Crippen LogP contribution in [0.5, 0.6) is 0 Å². The van der Waals surface area contributed by atoms with E-state index in [4.69, 9.17) is 4.74 Å². The van der Waals surface area contributed by atoms with Crippen LogP contribution in [0, 0.1) is 12.7 Å². The smallest absolute Gasteiger partial charge is 0.123 e. The Bertz CT molecular complexity index is 380. The van der Waals surface area contributed by atoms with Gasteiger partial charge in [0.25, 0.3) is 0 Å². The molecular weight excluding hydrogens is 217 g/mol. The van der Waals surface area contributed by atoms with Gasteiger partial charge in [0.1, 0.15) is 5.82 Å². The van der Waals surface area contributed by atoms with Crippen LogP contribution in [0.2, 0.25) is 0 Å². The standard InChI is InChI=1S/C14H20FNO/c1-10-3-4-13(15)8-12(10)9-16-14-5-6-17-11(2)7-14/h3-4,8,11,14,16H,5-7,9H2,1-2H3. The highest BCUT2D eigenvalue weighted by Gasteiger charge is 2.18. The summed E-state index contributed by atoms with van der Waals surface area (Å²) in [7, 11) is 0. The molecule has 0 aromatic heterocycles. The largest absolute Gasteiger partial charge is 0.378 e. The number of hydrogen-bond donors (Lipinski definition) is 1. The molecule has 0 aliphatic carbocycles. The molecule has 2 nitrogen and oxygen atoms in total. The number of benzene rings is 1. The van der Waals surface area contributed by atoms with Gasteiger partial charge in [-0.25, -0.2) is 4.39 Å².